The van der Waals surface area contributed by atoms with Crippen LogP contribution in [0.25, 0.3) is 10.9 Å². The molecule has 0 unspecified atom stereocenters. The van der Waals surface area contributed by atoms with E-state index in [4.69, 9.17) is 5.14 Å². The zero-order valence-electron chi connectivity index (χ0n) is 11.9. The molecule has 2 aromatic rings. The number of primary sulfonamides is 1. The molecule has 2 N–H and O–H groups in total. The highest BCUT2D eigenvalue weighted by Crippen LogP contribution is 2.24. The number of nitrogens with zero attached hydrogens (tertiary/aromatic N) is 1. The minimum absolute atomic E-state index is 0.224. The van der Waals surface area contributed by atoms with Crippen molar-refractivity contribution in [3.63, 3.8) is 0 Å². The van der Waals surface area contributed by atoms with Crippen LogP contribution in [-0.4, -0.2) is 13.0 Å². The second-order valence-electron chi connectivity index (χ2n) is 5.16. The molecule has 0 amide bonds. The molecule has 0 aliphatic heterocycles. The van der Waals surface area contributed by atoms with E-state index >= 15 is 0 Å². The minimum Gasteiger partial charge on any atom is -0.346 e. The largest absolute Gasteiger partial charge is 0.346 e. The van der Waals surface area contributed by atoms with Crippen molar-refractivity contribution in [3.05, 3.63) is 30.5 Å². The standard InChI is InChI=1S/C15H22N2O2S/c1-2-3-4-5-8-11-17-12-15(20(16,18)19)13-9-6-7-10-14(13)17/h6-7,9-10,12H,2-5,8,11H2,1H3,(H2,16,18,19). The fourth-order valence-corrected chi connectivity index (χ4v) is 3.26. The smallest absolute Gasteiger partial charge is 0.240 e. The molecule has 2 rings (SSSR count). The molecule has 1 aromatic carbocycles. The molecule has 0 aliphatic rings. The van der Waals surface area contributed by atoms with Crippen molar-refractivity contribution in [3.8, 4) is 0 Å². The number of para-hydroxylation sites is 1. The average Bonchev–Trinajstić information content (AvgIpc) is 2.78. The summed E-state index contributed by atoms with van der Waals surface area (Å²) >= 11 is 0. The lowest BCUT2D eigenvalue weighted by Crippen LogP contribution is -2.11. The van der Waals surface area contributed by atoms with Crippen LogP contribution in [0.4, 0.5) is 0 Å². The van der Waals surface area contributed by atoms with Crippen molar-refractivity contribution >= 4 is 20.9 Å². The molecule has 0 atom stereocenters. The van der Waals surface area contributed by atoms with Crippen molar-refractivity contribution in [1.82, 2.24) is 4.57 Å². The number of sulfonamides is 1. The third kappa shape index (κ3) is 3.41. The van der Waals surface area contributed by atoms with Gasteiger partial charge in [-0.25, -0.2) is 13.6 Å². The first kappa shape index (κ1) is 15.1. The third-order valence-corrected chi connectivity index (χ3v) is 4.50. The Balaban J connectivity index is 2.21. The van der Waals surface area contributed by atoms with Gasteiger partial charge in [-0.05, 0) is 12.5 Å². The van der Waals surface area contributed by atoms with E-state index in [2.05, 4.69) is 6.92 Å². The molecule has 20 heavy (non-hydrogen) atoms. The fourth-order valence-electron chi connectivity index (χ4n) is 2.51. The summed E-state index contributed by atoms with van der Waals surface area (Å²) in [4.78, 5) is 0.224. The van der Waals surface area contributed by atoms with Gasteiger partial charge in [0.25, 0.3) is 0 Å². The van der Waals surface area contributed by atoms with Gasteiger partial charge >= 0.3 is 0 Å². The first-order chi connectivity index (χ1) is 9.54. The topological polar surface area (TPSA) is 65.1 Å². The Hall–Kier alpha value is -1.33. The average molecular weight is 294 g/mol. The summed E-state index contributed by atoms with van der Waals surface area (Å²) in [5.74, 6) is 0. The lowest BCUT2D eigenvalue weighted by molar-refractivity contribution is 0.574. The lowest BCUT2D eigenvalue weighted by atomic mass is 10.1. The summed E-state index contributed by atoms with van der Waals surface area (Å²) in [5.41, 5.74) is 0.937. The van der Waals surface area contributed by atoms with Crippen LogP contribution in [0.2, 0.25) is 0 Å². The number of benzene rings is 1. The molecule has 0 saturated heterocycles. The van der Waals surface area contributed by atoms with E-state index in [1.807, 2.05) is 28.8 Å². The number of fused-ring (bicyclic) bond motifs is 1. The summed E-state index contributed by atoms with van der Waals surface area (Å²) in [6.45, 7) is 3.03. The highest BCUT2D eigenvalue weighted by atomic mass is 32.2. The number of aromatic nitrogens is 1. The Morgan fingerprint density at radius 3 is 2.50 bits per heavy atom. The van der Waals surface area contributed by atoms with Gasteiger partial charge in [-0.3, -0.25) is 0 Å². The molecular weight excluding hydrogens is 272 g/mol. The summed E-state index contributed by atoms with van der Waals surface area (Å²) in [6, 6.07) is 7.50. The lowest BCUT2D eigenvalue weighted by Gasteiger charge is -2.04. The van der Waals surface area contributed by atoms with Gasteiger partial charge in [-0.2, -0.15) is 0 Å². The van der Waals surface area contributed by atoms with Crippen LogP contribution in [0.15, 0.2) is 35.4 Å². The zero-order valence-corrected chi connectivity index (χ0v) is 12.7. The maximum atomic E-state index is 11.6. The Kier molecular flexibility index (Phi) is 4.83. The van der Waals surface area contributed by atoms with Crippen molar-refractivity contribution in [1.29, 1.82) is 0 Å². The van der Waals surface area contributed by atoms with E-state index in [9.17, 15) is 8.42 Å². The Bertz CT molecular complexity index is 674. The van der Waals surface area contributed by atoms with Crippen LogP contribution in [0.3, 0.4) is 0 Å². The second-order valence-corrected chi connectivity index (χ2v) is 6.69. The van der Waals surface area contributed by atoms with E-state index in [1.165, 1.54) is 25.7 Å². The number of unbranched alkanes of at least 4 members (excludes halogenated alkanes) is 4. The third-order valence-electron chi connectivity index (χ3n) is 3.56. The van der Waals surface area contributed by atoms with Gasteiger partial charge in [0.15, 0.2) is 0 Å². The maximum absolute atomic E-state index is 11.6. The number of hydrogen-bond acceptors (Lipinski definition) is 2. The van der Waals surface area contributed by atoms with Crippen LogP contribution in [0, 0.1) is 0 Å². The Morgan fingerprint density at radius 2 is 1.80 bits per heavy atom. The van der Waals surface area contributed by atoms with Crippen LogP contribution in [-0.2, 0) is 16.6 Å². The van der Waals surface area contributed by atoms with E-state index < -0.39 is 10.0 Å². The number of nitrogens with two attached hydrogens (primary N) is 1. The maximum Gasteiger partial charge on any atom is 0.240 e. The van der Waals surface area contributed by atoms with E-state index in [-0.39, 0.29) is 4.90 Å². The van der Waals surface area contributed by atoms with Crippen LogP contribution in [0.5, 0.6) is 0 Å². The van der Waals surface area contributed by atoms with E-state index in [0.717, 1.165) is 18.5 Å². The molecule has 0 spiro atoms. The zero-order chi connectivity index (χ0) is 14.6. The summed E-state index contributed by atoms with van der Waals surface area (Å²) in [6.07, 6.45) is 7.61. The summed E-state index contributed by atoms with van der Waals surface area (Å²) in [5, 5.41) is 6.00. The highest BCUT2D eigenvalue weighted by molar-refractivity contribution is 7.89. The van der Waals surface area contributed by atoms with Crippen molar-refractivity contribution in [2.75, 3.05) is 0 Å². The van der Waals surface area contributed by atoms with Crippen LogP contribution in [0.1, 0.15) is 39.0 Å². The van der Waals surface area contributed by atoms with E-state index in [0.29, 0.717) is 5.39 Å². The molecule has 110 valence electrons. The molecule has 0 fully saturated rings. The van der Waals surface area contributed by atoms with Gasteiger partial charge in [0, 0.05) is 23.6 Å². The Morgan fingerprint density at radius 1 is 1.10 bits per heavy atom. The first-order valence-electron chi connectivity index (χ1n) is 7.14. The fraction of sp³-hybridized carbons (Fsp3) is 0.467. The van der Waals surface area contributed by atoms with Gasteiger partial charge in [0.1, 0.15) is 4.90 Å². The van der Waals surface area contributed by atoms with Crippen molar-refractivity contribution in [2.24, 2.45) is 5.14 Å². The molecule has 1 heterocycles. The number of rotatable bonds is 7. The summed E-state index contributed by atoms with van der Waals surface area (Å²) < 4.78 is 25.3. The summed E-state index contributed by atoms with van der Waals surface area (Å²) in [7, 11) is -3.67. The SMILES string of the molecule is CCCCCCCn1cc(S(N)(=O)=O)c2ccccc21. The molecule has 4 nitrogen and oxygen atoms in total. The van der Waals surface area contributed by atoms with Gasteiger partial charge in [-0.1, -0.05) is 50.8 Å². The number of aryl methyl sites for hydroxylation is 1. The molecule has 5 heteroatoms. The predicted molar refractivity (Wildman–Crippen MR) is 82.1 cm³/mol. The van der Waals surface area contributed by atoms with E-state index in [1.54, 1.807) is 6.20 Å². The second kappa shape index (κ2) is 6.41. The normalized spacial score (nSPS) is 12.1. The van der Waals surface area contributed by atoms with Gasteiger partial charge in [0.05, 0.1) is 0 Å². The van der Waals surface area contributed by atoms with Crippen molar-refractivity contribution < 1.29 is 8.42 Å². The molecule has 0 aliphatic carbocycles. The predicted octanol–water partition coefficient (Wildman–Crippen LogP) is 3.26. The molecule has 1 aromatic heterocycles. The quantitative estimate of drug-likeness (QED) is 0.797. The minimum atomic E-state index is -3.67. The van der Waals surface area contributed by atoms with Crippen molar-refractivity contribution in [2.45, 2.75) is 50.5 Å². The highest BCUT2D eigenvalue weighted by Gasteiger charge is 2.16. The molecule has 0 bridgehead atoms. The van der Waals surface area contributed by atoms with Crippen LogP contribution >= 0.6 is 0 Å². The van der Waals surface area contributed by atoms with Gasteiger partial charge in [-0.15, -0.1) is 0 Å². The number of hydrogen-bond donors (Lipinski definition) is 1. The Labute approximate surface area is 120 Å². The molecular formula is C15H22N2O2S. The first-order valence-corrected chi connectivity index (χ1v) is 8.69. The molecule has 0 radical (unpaired) electrons. The van der Waals surface area contributed by atoms with Gasteiger partial charge in [0.2, 0.25) is 10.0 Å². The van der Waals surface area contributed by atoms with Gasteiger partial charge < -0.3 is 4.57 Å². The van der Waals surface area contributed by atoms with Crippen LogP contribution < -0.4 is 5.14 Å². The monoisotopic (exact) mass is 294 g/mol. The molecule has 0 saturated carbocycles.